The summed E-state index contributed by atoms with van der Waals surface area (Å²) in [5.74, 6) is 0.168. The molecule has 7 heteroatoms. The lowest BCUT2D eigenvalue weighted by atomic mass is 10.2. The van der Waals surface area contributed by atoms with Gasteiger partial charge in [-0.25, -0.2) is 4.39 Å². The third-order valence-electron chi connectivity index (χ3n) is 3.58. The Balaban J connectivity index is 1.68. The van der Waals surface area contributed by atoms with Crippen molar-refractivity contribution in [1.82, 2.24) is 9.78 Å². The van der Waals surface area contributed by atoms with E-state index in [1.807, 2.05) is 37.3 Å². The molecule has 0 saturated heterocycles. The topological polar surface area (TPSA) is 41.9 Å². The average molecular weight is 375 g/mol. The number of thiocarbonyl (C=S) groups is 1. The van der Waals surface area contributed by atoms with Gasteiger partial charge in [0.2, 0.25) is 0 Å². The molecule has 0 bridgehead atoms. The first-order valence-electron chi connectivity index (χ1n) is 7.62. The van der Waals surface area contributed by atoms with E-state index >= 15 is 0 Å². The highest BCUT2D eigenvalue weighted by atomic mass is 35.5. The molecular weight excluding hydrogens is 359 g/mol. The van der Waals surface area contributed by atoms with Crippen LogP contribution in [-0.2, 0) is 6.54 Å². The van der Waals surface area contributed by atoms with Crippen molar-refractivity contribution in [2.24, 2.45) is 0 Å². The Kier molecular flexibility index (Phi) is 5.31. The van der Waals surface area contributed by atoms with Gasteiger partial charge in [-0.05, 0) is 48.5 Å². The highest BCUT2D eigenvalue weighted by Crippen LogP contribution is 2.21. The minimum Gasteiger partial charge on any atom is -0.332 e. The van der Waals surface area contributed by atoms with Crippen molar-refractivity contribution >= 4 is 40.4 Å². The van der Waals surface area contributed by atoms with E-state index in [1.54, 1.807) is 16.9 Å². The maximum atomic E-state index is 13.3. The number of aromatic nitrogens is 2. The first-order chi connectivity index (χ1) is 12.0. The Morgan fingerprint density at radius 3 is 2.76 bits per heavy atom. The number of nitrogens with one attached hydrogen (secondary N) is 2. The third-order valence-corrected chi connectivity index (χ3v) is 4.06. The summed E-state index contributed by atoms with van der Waals surface area (Å²) in [6.45, 7) is 2.41. The summed E-state index contributed by atoms with van der Waals surface area (Å²) in [6.07, 6.45) is 1.67. The van der Waals surface area contributed by atoms with E-state index in [9.17, 15) is 4.39 Å². The molecule has 2 N–H and O–H groups in total. The Bertz CT molecular complexity index is 910. The molecule has 4 nitrogen and oxygen atoms in total. The van der Waals surface area contributed by atoms with E-state index in [2.05, 4.69) is 15.7 Å². The quantitative estimate of drug-likeness (QED) is 0.641. The van der Waals surface area contributed by atoms with Gasteiger partial charge in [0.25, 0.3) is 0 Å². The summed E-state index contributed by atoms with van der Waals surface area (Å²) in [5, 5.41) is 11.3. The first kappa shape index (κ1) is 17.4. The van der Waals surface area contributed by atoms with Gasteiger partial charge in [0.15, 0.2) is 10.9 Å². The summed E-state index contributed by atoms with van der Waals surface area (Å²) in [5.41, 5.74) is 2.79. The zero-order valence-electron chi connectivity index (χ0n) is 13.5. The van der Waals surface area contributed by atoms with E-state index in [0.717, 1.165) is 16.8 Å². The number of hydrogen-bond donors (Lipinski definition) is 2. The van der Waals surface area contributed by atoms with Crippen LogP contribution in [0.3, 0.4) is 0 Å². The normalized spacial score (nSPS) is 10.5. The lowest BCUT2D eigenvalue weighted by Gasteiger charge is -2.11. The van der Waals surface area contributed by atoms with Gasteiger partial charge in [0, 0.05) is 11.9 Å². The largest absolute Gasteiger partial charge is 0.332 e. The maximum Gasteiger partial charge on any atom is 0.176 e. The molecule has 0 aliphatic heterocycles. The SMILES string of the molecule is Cc1ccccc1NC(=S)Nc1nn(Cc2cccc(F)c2)cc1Cl. The number of rotatable bonds is 4. The van der Waals surface area contributed by atoms with Crippen LogP contribution >= 0.6 is 23.8 Å². The van der Waals surface area contributed by atoms with Crippen molar-refractivity contribution in [1.29, 1.82) is 0 Å². The van der Waals surface area contributed by atoms with Crippen LogP contribution in [0.2, 0.25) is 5.02 Å². The standard InChI is InChI=1S/C18H16ClFN4S/c1-12-5-2-3-8-16(12)21-18(25)22-17-15(19)11-24(23-17)10-13-6-4-7-14(20)9-13/h2-9,11H,10H2,1H3,(H2,21,22,23,25). The monoisotopic (exact) mass is 374 g/mol. The summed E-state index contributed by atoms with van der Waals surface area (Å²) < 4.78 is 14.9. The molecule has 0 atom stereocenters. The van der Waals surface area contributed by atoms with Gasteiger partial charge in [-0.2, -0.15) is 5.10 Å². The van der Waals surface area contributed by atoms with Crippen molar-refractivity contribution in [3.05, 3.63) is 76.7 Å². The highest BCUT2D eigenvalue weighted by molar-refractivity contribution is 7.80. The van der Waals surface area contributed by atoms with Gasteiger partial charge in [-0.15, -0.1) is 0 Å². The molecule has 1 aromatic heterocycles. The van der Waals surface area contributed by atoms with E-state index in [4.69, 9.17) is 23.8 Å². The molecule has 0 unspecified atom stereocenters. The molecule has 0 amide bonds. The van der Waals surface area contributed by atoms with E-state index in [0.29, 0.717) is 22.5 Å². The number of anilines is 2. The summed E-state index contributed by atoms with van der Waals surface area (Å²) in [6, 6.07) is 14.2. The van der Waals surface area contributed by atoms with Crippen molar-refractivity contribution in [3.63, 3.8) is 0 Å². The van der Waals surface area contributed by atoms with Crippen molar-refractivity contribution < 1.29 is 4.39 Å². The molecule has 128 valence electrons. The highest BCUT2D eigenvalue weighted by Gasteiger charge is 2.10. The number of aryl methyl sites for hydroxylation is 1. The molecule has 25 heavy (non-hydrogen) atoms. The zero-order chi connectivity index (χ0) is 17.8. The number of benzene rings is 2. The lowest BCUT2D eigenvalue weighted by Crippen LogP contribution is -2.20. The Morgan fingerprint density at radius 1 is 1.20 bits per heavy atom. The average Bonchev–Trinajstić information content (AvgIpc) is 2.89. The number of para-hydroxylation sites is 1. The molecule has 0 spiro atoms. The van der Waals surface area contributed by atoms with Gasteiger partial charge < -0.3 is 10.6 Å². The fraction of sp³-hybridized carbons (Fsp3) is 0.111. The molecule has 3 rings (SSSR count). The van der Waals surface area contributed by atoms with Crippen molar-refractivity contribution in [3.8, 4) is 0 Å². The number of halogens is 2. The van der Waals surface area contributed by atoms with Gasteiger partial charge in [-0.1, -0.05) is 41.9 Å². The van der Waals surface area contributed by atoms with E-state index < -0.39 is 0 Å². The second-order valence-electron chi connectivity index (χ2n) is 5.55. The predicted molar refractivity (Wildman–Crippen MR) is 104 cm³/mol. The number of hydrogen-bond acceptors (Lipinski definition) is 2. The van der Waals surface area contributed by atoms with Crippen LogP contribution in [0.5, 0.6) is 0 Å². The second kappa shape index (κ2) is 7.63. The fourth-order valence-corrected chi connectivity index (χ4v) is 2.76. The Hall–Kier alpha value is -2.44. The molecule has 0 saturated carbocycles. The van der Waals surface area contributed by atoms with Crippen LogP contribution in [0.25, 0.3) is 0 Å². The maximum absolute atomic E-state index is 13.3. The van der Waals surface area contributed by atoms with Gasteiger partial charge >= 0.3 is 0 Å². The van der Waals surface area contributed by atoms with Crippen LogP contribution < -0.4 is 10.6 Å². The Morgan fingerprint density at radius 2 is 2.00 bits per heavy atom. The van der Waals surface area contributed by atoms with Crippen LogP contribution in [0.4, 0.5) is 15.9 Å². The number of nitrogens with zero attached hydrogens (tertiary/aromatic N) is 2. The lowest BCUT2D eigenvalue weighted by molar-refractivity contribution is 0.619. The zero-order valence-corrected chi connectivity index (χ0v) is 15.0. The van der Waals surface area contributed by atoms with Gasteiger partial charge in [0.05, 0.1) is 6.54 Å². The molecule has 3 aromatic rings. The minimum absolute atomic E-state index is 0.280. The van der Waals surface area contributed by atoms with Crippen LogP contribution in [-0.4, -0.2) is 14.9 Å². The van der Waals surface area contributed by atoms with E-state index in [-0.39, 0.29) is 5.82 Å². The molecule has 0 radical (unpaired) electrons. The van der Waals surface area contributed by atoms with Crippen LogP contribution in [0, 0.1) is 12.7 Å². The minimum atomic E-state index is -0.280. The Labute approximate surface area is 155 Å². The first-order valence-corrected chi connectivity index (χ1v) is 8.41. The molecule has 0 fully saturated rings. The molecule has 2 aromatic carbocycles. The van der Waals surface area contributed by atoms with Crippen LogP contribution in [0.1, 0.15) is 11.1 Å². The molecule has 0 aliphatic carbocycles. The van der Waals surface area contributed by atoms with E-state index in [1.165, 1.54) is 12.1 Å². The molecule has 0 aliphatic rings. The fourth-order valence-electron chi connectivity index (χ4n) is 2.36. The molecule has 1 heterocycles. The van der Waals surface area contributed by atoms with Crippen LogP contribution in [0.15, 0.2) is 54.7 Å². The predicted octanol–water partition coefficient (Wildman–Crippen LogP) is 4.84. The smallest absolute Gasteiger partial charge is 0.176 e. The summed E-state index contributed by atoms with van der Waals surface area (Å²) in [4.78, 5) is 0. The molecular formula is C18H16ClFN4S. The summed E-state index contributed by atoms with van der Waals surface area (Å²) in [7, 11) is 0. The summed E-state index contributed by atoms with van der Waals surface area (Å²) >= 11 is 11.5. The van der Waals surface area contributed by atoms with Gasteiger partial charge in [-0.3, -0.25) is 4.68 Å². The third kappa shape index (κ3) is 4.55. The van der Waals surface area contributed by atoms with Crippen molar-refractivity contribution in [2.45, 2.75) is 13.5 Å². The second-order valence-corrected chi connectivity index (χ2v) is 6.36. The van der Waals surface area contributed by atoms with Crippen molar-refractivity contribution in [2.75, 3.05) is 10.6 Å². The van der Waals surface area contributed by atoms with Gasteiger partial charge in [0.1, 0.15) is 10.8 Å².